The SMILES string of the molecule is Cc1ccccc1NC(=O)CCn1c2ccccc2c2nc3ccccc3nc21. The van der Waals surface area contributed by atoms with Gasteiger partial charge in [-0.2, -0.15) is 0 Å². The lowest BCUT2D eigenvalue weighted by Gasteiger charge is -2.10. The van der Waals surface area contributed by atoms with Crippen LogP contribution >= 0.6 is 0 Å². The van der Waals surface area contributed by atoms with E-state index in [4.69, 9.17) is 9.97 Å². The van der Waals surface area contributed by atoms with Crippen LogP contribution in [-0.4, -0.2) is 20.4 Å². The Kier molecular flexibility index (Phi) is 4.21. The van der Waals surface area contributed by atoms with E-state index in [0.29, 0.717) is 13.0 Å². The summed E-state index contributed by atoms with van der Waals surface area (Å²) in [4.78, 5) is 22.3. The van der Waals surface area contributed by atoms with Crippen molar-refractivity contribution < 1.29 is 4.79 Å². The molecule has 0 atom stereocenters. The van der Waals surface area contributed by atoms with Gasteiger partial charge in [0.25, 0.3) is 0 Å². The van der Waals surface area contributed by atoms with Gasteiger partial charge in [0.2, 0.25) is 5.91 Å². The monoisotopic (exact) mass is 380 g/mol. The molecule has 2 aromatic heterocycles. The molecule has 5 heteroatoms. The smallest absolute Gasteiger partial charge is 0.226 e. The lowest BCUT2D eigenvalue weighted by atomic mass is 10.2. The molecule has 5 nitrogen and oxygen atoms in total. The molecule has 0 spiro atoms. The third kappa shape index (κ3) is 3.10. The number of rotatable bonds is 4. The average Bonchev–Trinajstić information content (AvgIpc) is 3.05. The number of para-hydroxylation sites is 4. The number of hydrogen-bond acceptors (Lipinski definition) is 3. The fraction of sp³-hybridized carbons (Fsp3) is 0.125. The summed E-state index contributed by atoms with van der Waals surface area (Å²) >= 11 is 0. The zero-order valence-electron chi connectivity index (χ0n) is 16.1. The summed E-state index contributed by atoms with van der Waals surface area (Å²) in [6.07, 6.45) is 0.358. The highest BCUT2D eigenvalue weighted by Gasteiger charge is 2.15. The van der Waals surface area contributed by atoms with Gasteiger partial charge >= 0.3 is 0 Å². The minimum absolute atomic E-state index is 0.0148. The van der Waals surface area contributed by atoms with Crippen LogP contribution in [0.3, 0.4) is 0 Å². The van der Waals surface area contributed by atoms with Crippen LogP contribution in [0.25, 0.3) is 33.1 Å². The molecule has 0 aliphatic heterocycles. The van der Waals surface area contributed by atoms with Crippen LogP contribution in [0.4, 0.5) is 5.69 Å². The summed E-state index contributed by atoms with van der Waals surface area (Å²) in [5, 5.41) is 4.07. The first-order chi connectivity index (χ1) is 14.2. The second kappa shape index (κ2) is 7.02. The van der Waals surface area contributed by atoms with Crippen molar-refractivity contribution in [3.8, 4) is 0 Å². The van der Waals surface area contributed by atoms with Gasteiger partial charge in [-0.15, -0.1) is 0 Å². The molecule has 3 aromatic carbocycles. The van der Waals surface area contributed by atoms with Crippen LogP contribution in [0.15, 0.2) is 72.8 Å². The van der Waals surface area contributed by atoms with Crippen LogP contribution in [0.1, 0.15) is 12.0 Å². The number of nitrogens with one attached hydrogen (secondary N) is 1. The van der Waals surface area contributed by atoms with Crippen molar-refractivity contribution in [2.75, 3.05) is 5.32 Å². The molecular weight excluding hydrogens is 360 g/mol. The van der Waals surface area contributed by atoms with Crippen molar-refractivity contribution in [1.82, 2.24) is 14.5 Å². The molecule has 1 amide bonds. The topological polar surface area (TPSA) is 59.8 Å². The Labute approximate surface area is 168 Å². The van der Waals surface area contributed by atoms with Gasteiger partial charge in [-0.05, 0) is 36.8 Å². The predicted octanol–water partition coefficient (Wildman–Crippen LogP) is 5.07. The van der Waals surface area contributed by atoms with Gasteiger partial charge in [0.1, 0.15) is 5.52 Å². The Morgan fingerprint density at radius 2 is 1.59 bits per heavy atom. The number of amides is 1. The van der Waals surface area contributed by atoms with E-state index in [9.17, 15) is 4.79 Å². The van der Waals surface area contributed by atoms with Gasteiger partial charge < -0.3 is 9.88 Å². The summed E-state index contributed by atoms with van der Waals surface area (Å²) in [6.45, 7) is 2.53. The highest BCUT2D eigenvalue weighted by molar-refractivity contribution is 6.06. The van der Waals surface area contributed by atoms with Crippen molar-refractivity contribution >= 4 is 44.7 Å². The number of carbonyl (C=O) groups excluding carboxylic acids is 1. The summed E-state index contributed by atoms with van der Waals surface area (Å²) in [5.74, 6) is -0.0148. The third-order valence-corrected chi connectivity index (χ3v) is 5.24. The molecule has 0 unspecified atom stereocenters. The molecular formula is C24H20N4O. The minimum Gasteiger partial charge on any atom is -0.326 e. The molecule has 2 heterocycles. The summed E-state index contributed by atoms with van der Waals surface area (Å²) in [6, 6.07) is 23.8. The quantitative estimate of drug-likeness (QED) is 0.473. The maximum absolute atomic E-state index is 12.6. The van der Waals surface area contributed by atoms with E-state index in [-0.39, 0.29) is 5.91 Å². The van der Waals surface area contributed by atoms with Crippen LogP contribution < -0.4 is 5.32 Å². The third-order valence-electron chi connectivity index (χ3n) is 5.24. The Hall–Kier alpha value is -3.73. The van der Waals surface area contributed by atoms with Gasteiger partial charge in [-0.25, -0.2) is 9.97 Å². The standard InChI is InChI=1S/C24H20N4O/c1-16-8-2-4-10-18(16)25-22(29)14-15-28-21-13-7-3-9-17(21)23-24(28)27-20-12-6-5-11-19(20)26-23/h2-13H,14-15H2,1H3,(H,25,29). The van der Waals surface area contributed by atoms with Crippen LogP contribution in [-0.2, 0) is 11.3 Å². The van der Waals surface area contributed by atoms with Gasteiger partial charge in [-0.1, -0.05) is 48.5 Å². The summed E-state index contributed by atoms with van der Waals surface area (Å²) in [7, 11) is 0. The van der Waals surface area contributed by atoms with Crippen LogP contribution in [0.5, 0.6) is 0 Å². The van der Waals surface area contributed by atoms with Crippen LogP contribution in [0, 0.1) is 6.92 Å². The molecule has 0 aliphatic rings. The molecule has 0 radical (unpaired) electrons. The van der Waals surface area contributed by atoms with Gasteiger partial charge in [0, 0.05) is 24.0 Å². The number of benzene rings is 3. The van der Waals surface area contributed by atoms with Crippen molar-refractivity contribution in [3.63, 3.8) is 0 Å². The number of hydrogen-bond donors (Lipinski definition) is 1. The molecule has 0 fully saturated rings. The highest BCUT2D eigenvalue weighted by Crippen LogP contribution is 2.28. The van der Waals surface area contributed by atoms with E-state index < -0.39 is 0 Å². The number of anilines is 1. The molecule has 142 valence electrons. The Bertz CT molecular complexity index is 1370. The number of aromatic nitrogens is 3. The largest absolute Gasteiger partial charge is 0.326 e. The fourth-order valence-electron chi connectivity index (χ4n) is 3.75. The number of nitrogens with zero attached hydrogens (tertiary/aromatic N) is 3. The Morgan fingerprint density at radius 3 is 2.41 bits per heavy atom. The maximum Gasteiger partial charge on any atom is 0.226 e. The number of fused-ring (bicyclic) bond motifs is 4. The Balaban J connectivity index is 1.52. The first kappa shape index (κ1) is 17.4. The zero-order valence-corrected chi connectivity index (χ0v) is 16.1. The normalized spacial score (nSPS) is 11.3. The van der Waals surface area contributed by atoms with Gasteiger partial charge in [0.05, 0.1) is 16.6 Å². The van der Waals surface area contributed by atoms with Crippen molar-refractivity contribution in [2.24, 2.45) is 0 Å². The molecule has 5 rings (SSSR count). The predicted molar refractivity (Wildman–Crippen MR) is 117 cm³/mol. The second-order valence-corrected chi connectivity index (χ2v) is 7.17. The lowest BCUT2D eigenvalue weighted by Crippen LogP contribution is -2.15. The molecule has 0 saturated carbocycles. The minimum atomic E-state index is -0.0148. The first-order valence-electron chi connectivity index (χ1n) is 9.70. The average molecular weight is 380 g/mol. The number of carbonyl (C=O) groups is 1. The Morgan fingerprint density at radius 1 is 0.897 bits per heavy atom. The fourth-order valence-corrected chi connectivity index (χ4v) is 3.75. The first-order valence-corrected chi connectivity index (χ1v) is 9.70. The van der Waals surface area contributed by atoms with E-state index in [1.54, 1.807) is 0 Å². The molecule has 0 bridgehead atoms. The molecule has 0 aliphatic carbocycles. The van der Waals surface area contributed by atoms with E-state index in [0.717, 1.165) is 44.4 Å². The van der Waals surface area contributed by atoms with E-state index in [1.807, 2.05) is 67.6 Å². The summed E-state index contributed by atoms with van der Waals surface area (Å²) in [5.41, 5.74) is 6.36. The van der Waals surface area contributed by atoms with E-state index >= 15 is 0 Å². The maximum atomic E-state index is 12.6. The molecule has 1 N–H and O–H groups in total. The second-order valence-electron chi connectivity index (χ2n) is 7.17. The van der Waals surface area contributed by atoms with E-state index in [1.165, 1.54) is 0 Å². The zero-order chi connectivity index (χ0) is 19.8. The van der Waals surface area contributed by atoms with Crippen LogP contribution in [0.2, 0.25) is 0 Å². The molecule has 29 heavy (non-hydrogen) atoms. The van der Waals surface area contributed by atoms with Crippen molar-refractivity contribution in [3.05, 3.63) is 78.4 Å². The molecule has 5 aromatic rings. The highest BCUT2D eigenvalue weighted by atomic mass is 16.1. The molecule has 0 saturated heterocycles. The van der Waals surface area contributed by atoms with E-state index in [2.05, 4.69) is 22.0 Å². The van der Waals surface area contributed by atoms with Crippen molar-refractivity contribution in [2.45, 2.75) is 19.9 Å². The number of aryl methyl sites for hydroxylation is 2. The van der Waals surface area contributed by atoms with Gasteiger partial charge in [0.15, 0.2) is 5.65 Å². The lowest BCUT2D eigenvalue weighted by molar-refractivity contribution is -0.116. The van der Waals surface area contributed by atoms with Gasteiger partial charge in [-0.3, -0.25) is 4.79 Å². The van der Waals surface area contributed by atoms with Crippen molar-refractivity contribution in [1.29, 1.82) is 0 Å². The summed E-state index contributed by atoms with van der Waals surface area (Å²) < 4.78 is 2.10.